The highest BCUT2D eigenvalue weighted by Crippen LogP contribution is 2.27. The first-order chi connectivity index (χ1) is 14.5. The summed E-state index contributed by atoms with van der Waals surface area (Å²) in [5.74, 6) is -0.288. The van der Waals surface area contributed by atoms with E-state index in [-0.39, 0.29) is 5.82 Å². The van der Waals surface area contributed by atoms with Crippen LogP contribution in [0.25, 0.3) is 11.1 Å². The Labute approximate surface area is 178 Å². The zero-order chi connectivity index (χ0) is 21.1. The average Bonchev–Trinajstić information content (AvgIpc) is 2.80. The van der Waals surface area contributed by atoms with Crippen LogP contribution in [0.1, 0.15) is 25.7 Å². The molecule has 0 spiro atoms. The Kier molecular flexibility index (Phi) is 6.53. The van der Waals surface area contributed by atoms with Crippen molar-refractivity contribution in [2.75, 3.05) is 33.3 Å². The molecular formula is C23H29FN2O3S. The predicted molar refractivity (Wildman–Crippen MR) is 115 cm³/mol. The first-order valence-corrected chi connectivity index (χ1v) is 12.0. The second-order valence-corrected chi connectivity index (χ2v) is 10.1. The fourth-order valence-corrected chi connectivity index (χ4v) is 6.00. The lowest BCUT2D eigenvalue weighted by Gasteiger charge is -2.41. The van der Waals surface area contributed by atoms with Crippen LogP contribution >= 0.6 is 0 Å². The van der Waals surface area contributed by atoms with E-state index in [0.717, 1.165) is 49.9 Å². The summed E-state index contributed by atoms with van der Waals surface area (Å²) in [4.78, 5) is 2.81. The standard InChI is InChI=1S/C23H29FN2O3S/c1-29-22-12-14-25(15-13-22)21-10-16-26(17-11-21)30(27,28)23-8-4-19(5-9-23)18-2-6-20(24)7-3-18/h2-9,21-22H,10-17H2,1H3. The maximum atomic E-state index is 13.1. The largest absolute Gasteiger partial charge is 0.381 e. The molecule has 162 valence electrons. The first-order valence-electron chi connectivity index (χ1n) is 10.6. The van der Waals surface area contributed by atoms with E-state index < -0.39 is 10.0 Å². The number of methoxy groups -OCH3 is 1. The van der Waals surface area contributed by atoms with Gasteiger partial charge in [0.05, 0.1) is 11.0 Å². The maximum Gasteiger partial charge on any atom is 0.243 e. The van der Waals surface area contributed by atoms with Gasteiger partial charge in [-0.05, 0) is 61.1 Å². The number of rotatable bonds is 5. The molecule has 2 aromatic carbocycles. The Bertz CT molecular complexity index is 931. The lowest BCUT2D eigenvalue weighted by molar-refractivity contribution is 0.0190. The van der Waals surface area contributed by atoms with Crippen LogP contribution in [0.5, 0.6) is 0 Å². The Morgan fingerprint density at radius 1 is 0.833 bits per heavy atom. The molecule has 2 aliphatic rings. The Morgan fingerprint density at radius 3 is 1.90 bits per heavy atom. The van der Waals surface area contributed by atoms with Gasteiger partial charge in [0.1, 0.15) is 5.82 Å². The Hall–Kier alpha value is -1.80. The van der Waals surface area contributed by atoms with Crippen LogP contribution in [0, 0.1) is 5.82 Å². The first kappa shape index (κ1) is 21.4. The van der Waals surface area contributed by atoms with Gasteiger partial charge in [-0.15, -0.1) is 0 Å². The summed E-state index contributed by atoms with van der Waals surface area (Å²) in [7, 11) is -1.73. The second kappa shape index (κ2) is 9.14. The number of hydrogen-bond donors (Lipinski definition) is 0. The minimum Gasteiger partial charge on any atom is -0.381 e. The van der Waals surface area contributed by atoms with E-state index in [0.29, 0.717) is 30.1 Å². The molecule has 0 unspecified atom stereocenters. The number of ether oxygens (including phenoxy) is 1. The zero-order valence-electron chi connectivity index (χ0n) is 17.3. The third kappa shape index (κ3) is 4.59. The van der Waals surface area contributed by atoms with Crippen LogP contribution in [-0.4, -0.2) is 63.1 Å². The van der Waals surface area contributed by atoms with Crippen molar-refractivity contribution in [3.63, 3.8) is 0 Å². The van der Waals surface area contributed by atoms with Crippen LogP contribution in [0.4, 0.5) is 4.39 Å². The molecule has 2 heterocycles. The molecule has 2 aromatic rings. The van der Waals surface area contributed by atoms with Crippen LogP contribution in [0.3, 0.4) is 0 Å². The van der Waals surface area contributed by atoms with Crippen molar-refractivity contribution in [3.05, 3.63) is 54.3 Å². The summed E-state index contributed by atoms with van der Waals surface area (Å²) in [5, 5.41) is 0. The number of benzene rings is 2. The highest BCUT2D eigenvalue weighted by atomic mass is 32.2. The smallest absolute Gasteiger partial charge is 0.243 e. The molecule has 2 saturated heterocycles. The molecule has 0 N–H and O–H groups in total. The van der Waals surface area contributed by atoms with Crippen molar-refractivity contribution in [1.82, 2.24) is 9.21 Å². The van der Waals surface area contributed by atoms with Gasteiger partial charge < -0.3 is 9.64 Å². The van der Waals surface area contributed by atoms with Gasteiger partial charge in [-0.2, -0.15) is 4.31 Å². The average molecular weight is 433 g/mol. The Morgan fingerprint density at radius 2 is 1.37 bits per heavy atom. The monoisotopic (exact) mass is 432 g/mol. The van der Waals surface area contributed by atoms with E-state index in [1.54, 1.807) is 47.8 Å². The molecule has 0 aromatic heterocycles. The van der Waals surface area contributed by atoms with Gasteiger partial charge >= 0.3 is 0 Å². The van der Waals surface area contributed by atoms with Crippen LogP contribution in [-0.2, 0) is 14.8 Å². The van der Waals surface area contributed by atoms with E-state index in [4.69, 9.17) is 4.74 Å². The summed E-state index contributed by atoms with van der Waals surface area (Å²) in [6.07, 6.45) is 4.19. The Balaban J connectivity index is 1.38. The molecule has 2 fully saturated rings. The van der Waals surface area contributed by atoms with Crippen molar-refractivity contribution in [3.8, 4) is 11.1 Å². The number of likely N-dealkylation sites (tertiary alicyclic amines) is 1. The van der Waals surface area contributed by atoms with Crippen molar-refractivity contribution in [1.29, 1.82) is 0 Å². The van der Waals surface area contributed by atoms with E-state index in [2.05, 4.69) is 4.90 Å². The van der Waals surface area contributed by atoms with E-state index in [1.165, 1.54) is 12.1 Å². The molecule has 0 radical (unpaired) electrons. The number of nitrogens with zero attached hydrogens (tertiary/aromatic N) is 2. The molecule has 4 rings (SSSR count). The summed E-state index contributed by atoms with van der Waals surface area (Å²) >= 11 is 0. The van der Waals surface area contributed by atoms with Gasteiger partial charge in [0.2, 0.25) is 10.0 Å². The van der Waals surface area contributed by atoms with E-state index in [1.807, 2.05) is 0 Å². The van der Waals surface area contributed by atoms with Crippen LogP contribution < -0.4 is 0 Å². The van der Waals surface area contributed by atoms with Crippen LogP contribution in [0.2, 0.25) is 0 Å². The normalized spacial score (nSPS) is 20.5. The molecule has 5 nitrogen and oxygen atoms in total. The van der Waals surface area contributed by atoms with Crippen molar-refractivity contribution in [2.45, 2.75) is 42.7 Å². The second-order valence-electron chi connectivity index (χ2n) is 8.14. The summed E-state index contributed by atoms with van der Waals surface area (Å²) < 4.78 is 46.4. The highest BCUT2D eigenvalue weighted by Gasteiger charge is 2.33. The van der Waals surface area contributed by atoms with Gasteiger partial charge in [0.25, 0.3) is 0 Å². The van der Waals surface area contributed by atoms with Crippen molar-refractivity contribution < 1.29 is 17.5 Å². The molecule has 30 heavy (non-hydrogen) atoms. The summed E-state index contributed by atoms with van der Waals surface area (Å²) in [6.45, 7) is 3.16. The van der Waals surface area contributed by atoms with Crippen molar-refractivity contribution >= 4 is 10.0 Å². The molecule has 0 saturated carbocycles. The third-order valence-electron chi connectivity index (χ3n) is 6.42. The number of hydrogen-bond acceptors (Lipinski definition) is 4. The highest BCUT2D eigenvalue weighted by molar-refractivity contribution is 7.89. The lowest BCUT2D eigenvalue weighted by Crippen LogP contribution is -2.49. The molecule has 0 bridgehead atoms. The molecule has 0 aliphatic carbocycles. The molecule has 7 heteroatoms. The van der Waals surface area contributed by atoms with Crippen LogP contribution in [0.15, 0.2) is 53.4 Å². The third-order valence-corrected chi connectivity index (χ3v) is 8.33. The minimum atomic E-state index is -3.50. The molecule has 0 amide bonds. The maximum absolute atomic E-state index is 13.1. The number of piperidine rings is 2. The molecule has 0 atom stereocenters. The topological polar surface area (TPSA) is 49.9 Å². The summed E-state index contributed by atoms with van der Waals surface area (Å²) in [6, 6.07) is 13.5. The fraction of sp³-hybridized carbons (Fsp3) is 0.478. The van der Waals surface area contributed by atoms with Gasteiger partial charge in [0, 0.05) is 39.3 Å². The quantitative estimate of drug-likeness (QED) is 0.722. The SMILES string of the molecule is COC1CCN(C2CCN(S(=O)(=O)c3ccc(-c4ccc(F)cc4)cc3)CC2)CC1. The number of halogens is 1. The van der Waals surface area contributed by atoms with Gasteiger partial charge in [-0.25, -0.2) is 12.8 Å². The number of sulfonamides is 1. The summed E-state index contributed by atoms with van der Waals surface area (Å²) in [5.41, 5.74) is 1.73. The van der Waals surface area contributed by atoms with Crippen molar-refractivity contribution in [2.24, 2.45) is 0 Å². The van der Waals surface area contributed by atoms with Gasteiger partial charge in [0.15, 0.2) is 0 Å². The van der Waals surface area contributed by atoms with Gasteiger partial charge in [-0.3, -0.25) is 0 Å². The predicted octanol–water partition coefficient (Wildman–Crippen LogP) is 3.76. The van der Waals surface area contributed by atoms with E-state index >= 15 is 0 Å². The van der Waals surface area contributed by atoms with Gasteiger partial charge in [-0.1, -0.05) is 24.3 Å². The lowest BCUT2D eigenvalue weighted by atomic mass is 10.00. The zero-order valence-corrected chi connectivity index (χ0v) is 18.2. The molecular weight excluding hydrogens is 403 g/mol. The molecule has 2 aliphatic heterocycles. The minimum absolute atomic E-state index is 0.288. The van der Waals surface area contributed by atoms with E-state index in [9.17, 15) is 12.8 Å². The fourth-order valence-electron chi connectivity index (χ4n) is 4.54.